The first kappa shape index (κ1) is 11.5. The Labute approximate surface area is 106 Å². The van der Waals surface area contributed by atoms with E-state index in [1.54, 1.807) is 6.26 Å². The predicted molar refractivity (Wildman–Crippen MR) is 65.9 cm³/mol. The molecule has 0 aliphatic carbocycles. The van der Waals surface area contributed by atoms with Crippen molar-refractivity contribution in [2.75, 3.05) is 13.1 Å². The first-order valence-electron chi connectivity index (χ1n) is 6.49. The van der Waals surface area contributed by atoms with E-state index in [-0.39, 0.29) is 0 Å². The summed E-state index contributed by atoms with van der Waals surface area (Å²) in [5, 5.41) is 7.34. The van der Waals surface area contributed by atoms with Crippen LogP contribution in [-0.2, 0) is 6.42 Å². The van der Waals surface area contributed by atoms with Crippen LogP contribution in [0.2, 0.25) is 0 Å². The molecule has 96 valence electrons. The summed E-state index contributed by atoms with van der Waals surface area (Å²) in [5.74, 6) is 2.63. The van der Waals surface area contributed by atoms with Gasteiger partial charge in [-0.25, -0.2) is 0 Å². The van der Waals surface area contributed by atoms with E-state index in [1.807, 2.05) is 12.1 Å². The van der Waals surface area contributed by atoms with Crippen LogP contribution >= 0.6 is 0 Å². The SMILES string of the molecule is c1coc(-c2noc(CCC3CCCNC3)n2)c1. The summed E-state index contributed by atoms with van der Waals surface area (Å²) in [4.78, 5) is 4.35. The van der Waals surface area contributed by atoms with Crippen LogP contribution in [0.15, 0.2) is 27.3 Å². The topological polar surface area (TPSA) is 64.1 Å². The molecular weight excluding hydrogens is 230 g/mol. The molecule has 3 rings (SSSR count). The van der Waals surface area contributed by atoms with Crippen molar-refractivity contribution in [3.05, 3.63) is 24.3 Å². The molecule has 0 spiro atoms. The molecule has 2 aromatic rings. The second-order valence-corrected chi connectivity index (χ2v) is 4.74. The van der Waals surface area contributed by atoms with Gasteiger partial charge in [0.2, 0.25) is 11.7 Å². The Balaban J connectivity index is 1.57. The Morgan fingerprint density at radius 3 is 3.22 bits per heavy atom. The van der Waals surface area contributed by atoms with Gasteiger partial charge in [-0.1, -0.05) is 5.16 Å². The summed E-state index contributed by atoms with van der Waals surface area (Å²) in [5.41, 5.74) is 0. The highest BCUT2D eigenvalue weighted by atomic mass is 16.5. The lowest BCUT2D eigenvalue weighted by Gasteiger charge is -2.21. The zero-order valence-corrected chi connectivity index (χ0v) is 10.3. The fraction of sp³-hybridized carbons (Fsp3) is 0.538. The van der Waals surface area contributed by atoms with Crippen LogP contribution < -0.4 is 5.32 Å². The second-order valence-electron chi connectivity index (χ2n) is 4.74. The number of hydrogen-bond acceptors (Lipinski definition) is 5. The molecule has 18 heavy (non-hydrogen) atoms. The standard InChI is InChI=1S/C13H17N3O2/c1-3-10(9-14-7-1)5-6-12-15-13(16-18-12)11-4-2-8-17-11/h2,4,8,10,14H,1,3,5-7,9H2. The zero-order valence-electron chi connectivity index (χ0n) is 10.3. The highest BCUT2D eigenvalue weighted by Crippen LogP contribution is 2.19. The van der Waals surface area contributed by atoms with Gasteiger partial charge < -0.3 is 14.3 Å². The first-order valence-corrected chi connectivity index (χ1v) is 6.49. The maximum absolute atomic E-state index is 5.24. The lowest BCUT2D eigenvalue weighted by atomic mass is 9.95. The maximum atomic E-state index is 5.24. The van der Waals surface area contributed by atoms with Gasteiger partial charge in [-0.2, -0.15) is 4.98 Å². The third-order valence-corrected chi connectivity index (χ3v) is 3.38. The van der Waals surface area contributed by atoms with Gasteiger partial charge >= 0.3 is 0 Å². The molecule has 3 heterocycles. The van der Waals surface area contributed by atoms with Gasteiger partial charge in [-0.05, 0) is 50.4 Å². The lowest BCUT2D eigenvalue weighted by Crippen LogP contribution is -2.29. The molecule has 0 aromatic carbocycles. The molecule has 1 aliphatic rings. The minimum Gasteiger partial charge on any atom is -0.461 e. The molecule has 5 heteroatoms. The first-order chi connectivity index (χ1) is 8.92. The number of nitrogens with zero attached hydrogens (tertiary/aromatic N) is 2. The number of furan rings is 1. The van der Waals surface area contributed by atoms with Crippen LogP contribution in [-0.4, -0.2) is 23.2 Å². The number of nitrogens with one attached hydrogen (secondary N) is 1. The quantitative estimate of drug-likeness (QED) is 0.897. The minimum atomic E-state index is 0.539. The monoisotopic (exact) mass is 247 g/mol. The summed E-state index contributed by atoms with van der Waals surface area (Å²) < 4.78 is 10.5. The second kappa shape index (κ2) is 5.35. The molecular formula is C13H17N3O2. The molecule has 1 aliphatic heterocycles. The molecule has 1 fully saturated rings. The third-order valence-electron chi connectivity index (χ3n) is 3.38. The van der Waals surface area contributed by atoms with Gasteiger partial charge in [0.05, 0.1) is 6.26 Å². The molecule has 1 saturated heterocycles. The Morgan fingerprint density at radius 1 is 1.44 bits per heavy atom. The fourth-order valence-electron chi connectivity index (χ4n) is 2.36. The summed E-state index contributed by atoms with van der Waals surface area (Å²) in [6.45, 7) is 2.26. The van der Waals surface area contributed by atoms with Crippen molar-refractivity contribution >= 4 is 0 Å². The van der Waals surface area contributed by atoms with Crippen molar-refractivity contribution in [1.29, 1.82) is 0 Å². The Hall–Kier alpha value is -1.62. The highest BCUT2D eigenvalue weighted by molar-refractivity contribution is 5.44. The minimum absolute atomic E-state index is 0.539. The van der Waals surface area contributed by atoms with E-state index in [9.17, 15) is 0 Å². The smallest absolute Gasteiger partial charge is 0.238 e. The van der Waals surface area contributed by atoms with Gasteiger partial charge in [0.1, 0.15) is 0 Å². The van der Waals surface area contributed by atoms with Gasteiger partial charge in [-0.15, -0.1) is 0 Å². The summed E-state index contributed by atoms with van der Waals surface area (Å²) in [6.07, 6.45) is 6.13. The largest absolute Gasteiger partial charge is 0.461 e. The number of aryl methyl sites for hydroxylation is 1. The van der Waals surface area contributed by atoms with Gasteiger partial charge in [-0.3, -0.25) is 0 Å². The van der Waals surface area contributed by atoms with Gasteiger partial charge in [0.25, 0.3) is 0 Å². The number of hydrogen-bond donors (Lipinski definition) is 1. The molecule has 0 radical (unpaired) electrons. The van der Waals surface area contributed by atoms with Crippen LogP contribution in [0.4, 0.5) is 0 Å². The molecule has 1 unspecified atom stereocenters. The fourth-order valence-corrected chi connectivity index (χ4v) is 2.36. The number of piperidine rings is 1. The molecule has 0 amide bonds. The summed E-state index contributed by atoms with van der Waals surface area (Å²) in [6, 6.07) is 3.65. The van der Waals surface area contributed by atoms with Crippen LogP contribution in [0.5, 0.6) is 0 Å². The van der Waals surface area contributed by atoms with E-state index < -0.39 is 0 Å². The Morgan fingerprint density at radius 2 is 2.44 bits per heavy atom. The average Bonchev–Trinajstić information content (AvgIpc) is 3.08. The van der Waals surface area contributed by atoms with E-state index in [0.717, 1.165) is 31.8 Å². The van der Waals surface area contributed by atoms with Crippen molar-refractivity contribution in [3.63, 3.8) is 0 Å². The lowest BCUT2D eigenvalue weighted by molar-refractivity contribution is 0.327. The van der Waals surface area contributed by atoms with Crippen molar-refractivity contribution in [3.8, 4) is 11.6 Å². The molecule has 5 nitrogen and oxygen atoms in total. The normalized spacial score (nSPS) is 20.1. The Kier molecular flexibility index (Phi) is 3.41. The van der Waals surface area contributed by atoms with Gasteiger partial charge in [0, 0.05) is 6.42 Å². The zero-order chi connectivity index (χ0) is 12.2. The molecule has 0 saturated carbocycles. The van der Waals surface area contributed by atoms with Crippen LogP contribution in [0.3, 0.4) is 0 Å². The average molecular weight is 247 g/mol. The van der Waals surface area contributed by atoms with Crippen molar-refractivity contribution in [1.82, 2.24) is 15.5 Å². The molecule has 2 aromatic heterocycles. The van der Waals surface area contributed by atoms with Crippen molar-refractivity contribution in [2.24, 2.45) is 5.92 Å². The molecule has 0 bridgehead atoms. The van der Waals surface area contributed by atoms with Crippen molar-refractivity contribution in [2.45, 2.75) is 25.7 Å². The number of aromatic nitrogens is 2. The van der Waals surface area contributed by atoms with Crippen LogP contribution in [0.25, 0.3) is 11.6 Å². The maximum Gasteiger partial charge on any atom is 0.238 e. The van der Waals surface area contributed by atoms with E-state index in [0.29, 0.717) is 17.5 Å². The van der Waals surface area contributed by atoms with Crippen LogP contribution in [0, 0.1) is 5.92 Å². The highest BCUT2D eigenvalue weighted by Gasteiger charge is 2.15. The van der Waals surface area contributed by atoms with E-state index in [2.05, 4.69) is 15.5 Å². The molecule has 1 N–H and O–H groups in total. The van der Waals surface area contributed by atoms with E-state index in [4.69, 9.17) is 8.94 Å². The van der Waals surface area contributed by atoms with E-state index >= 15 is 0 Å². The Bertz CT molecular complexity index is 472. The van der Waals surface area contributed by atoms with E-state index in [1.165, 1.54) is 12.8 Å². The van der Waals surface area contributed by atoms with Crippen LogP contribution in [0.1, 0.15) is 25.2 Å². The summed E-state index contributed by atoms with van der Waals surface area (Å²) >= 11 is 0. The summed E-state index contributed by atoms with van der Waals surface area (Å²) in [7, 11) is 0. The number of rotatable bonds is 4. The molecule has 1 atom stereocenters. The van der Waals surface area contributed by atoms with Crippen molar-refractivity contribution < 1.29 is 8.94 Å². The third kappa shape index (κ3) is 2.61. The predicted octanol–water partition coefficient (Wildman–Crippen LogP) is 2.26. The van der Waals surface area contributed by atoms with Gasteiger partial charge in [0.15, 0.2) is 5.76 Å².